The highest BCUT2D eigenvalue weighted by molar-refractivity contribution is 9.13. The largest absolute Gasteiger partial charge is 0.347 e. The third kappa shape index (κ3) is 1.91. The second kappa shape index (κ2) is 4.62. The molecule has 0 aliphatic heterocycles. The molecule has 0 radical (unpaired) electrons. The number of halogens is 3. The van der Waals surface area contributed by atoms with E-state index in [0.717, 1.165) is 10.2 Å². The van der Waals surface area contributed by atoms with Gasteiger partial charge in [0.25, 0.3) is 0 Å². The lowest BCUT2D eigenvalue weighted by atomic mass is 10.1. The molecule has 2 aromatic rings. The number of nitriles is 1. The molecule has 0 bridgehead atoms. The number of nitrogens with one attached hydrogen (secondary N) is 1. The van der Waals surface area contributed by atoms with Gasteiger partial charge in [0.05, 0.1) is 20.3 Å². The molecule has 0 amide bonds. The molecule has 1 N–H and O–H groups in total. The summed E-state index contributed by atoms with van der Waals surface area (Å²) in [5.41, 5.74) is 2.07. The minimum absolute atomic E-state index is 0.542. The van der Waals surface area contributed by atoms with Crippen molar-refractivity contribution in [1.29, 1.82) is 5.26 Å². The third-order valence-electron chi connectivity index (χ3n) is 2.15. The van der Waals surface area contributed by atoms with Crippen LogP contribution in [0.15, 0.2) is 33.3 Å². The Kier molecular flexibility index (Phi) is 3.38. The summed E-state index contributed by atoms with van der Waals surface area (Å²) in [5, 5.41) is 9.71. The topological polar surface area (TPSA) is 39.6 Å². The Balaban J connectivity index is 2.71. The Hall–Kier alpha value is -0.760. The maximum Gasteiger partial charge on any atom is 0.103 e. The molecule has 1 aromatic carbocycles. The Morgan fingerprint density at radius 1 is 1.25 bits per heavy atom. The van der Waals surface area contributed by atoms with Gasteiger partial charge in [-0.2, -0.15) is 5.26 Å². The Morgan fingerprint density at radius 3 is 2.56 bits per heavy atom. The minimum Gasteiger partial charge on any atom is -0.347 e. The van der Waals surface area contributed by atoms with Crippen LogP contribution in [0.2, 0.25) is 5.02 Å². The average Bonchev–Trinajstić information content (AvgIpc) is 2.56. The Bertz CT molecular complexity index is 584. The molecule has 2 nitrogen and oxygen atoms in total. The van der Waals surface area contributed by atoms with Gasteiger partial charge in [0.1, 0.15) is 6.07 Å². The first kappa shape index (κ1) is 11.7. The maximum absolute atomic E-state index is 9.10. The van der Waals surface area contributed by atoms with Crippen LogP contribution in [0.3, 0.4) is 0 Å². The van der Waals surface area contributed by atoms with Crippen LogP contribution >= 0.6 is 43.5 Å². The van der Waals surface area contributed by atoms with Crippen LogP contribution in [0, 0.1) is 11.3 Å². The second-order valence-corrected chi connectivity index (χ2v) is 5.09. The SMILES string of the molecule is N#Cc1c(-c2ccccc2Cl)[nH]c(Br)c1Br. The molecule has 0 aliphatic rings. The van der Waals surface area contributed by atoms with Crippen LogP contribution in [-0.4, -0.2) is 4.98 Å². The predicted molar refractivity (Wildman–Crippen MR) is 71.4 cm³/mol. The normalized spacial score (nSPS) is 10.1. The summed E-state index contributed by atoms with van der Waals surface area (Å²) in [4.78, 5) is 3.08. The monoisotopic (exact) mass is 358 g/mol. The molecule has 1 heterocycles. The summed E-state index contributed by atoms with van der Waals surface area (Å²) in [5.74, 6) is 0. The number of aromatic nitrogens is 1. The maximum atomic E-state index is 9.10. The van der Waals surface area contributed by atoms with E-state index in [1.54, 1.807) is 6.07 Å². The van der Waals surface area contributed by atoms with E-state index in [0.29, 0.717) is 20.8 Å². The van der Waals surface area contributed by atoms with Gasteiger partial charge in [-0.1, -0.05) is 29.8 Å². The first-order valence-corrected chi connectivity index (χ1v) is 6.33. The molecule has 0 unspecified atom stereocenters. The van der Waals surface area contributed by atoms with Crippen molar-refractivity contribution in [1.82, 2.24) is 4.98 Å². The molecule has 0 atom stereocenters. The van der Waals surface area contributed by atoms with E-state index in [2.05, 4.69) is 42.9 Å². The first-order chi connectivity index (χ1) is 7.65. The average molecular weight is 360 g/mol. The second-order valence-electron chi connectivity index (χ2n) is 3.09. The minimum atomic E-state index is 0.542. The van der Waals surface area contributed by atoms with Crippen molar-refractivity contribution >= 4 is 43.5 Å². The van der Waals surface area contributed by atoms with E-state index >= 15 is 0 Å². The van der Waals surface area contributed by atoms with Crippen molar-refractivity contribution in [2.24, 2.45) is 0 Å². The van der Waals surface area contributed by atoms with Crippen LogP contribution in [0.1, 0.15) is 5.56 Å². The molecule has 0 spiro atoms. The standard InChI is InChI=1S/C11H5Br2ClN2/c12-9-7(5-15)10(16-11(9)13)6-3-1-2-4-8(6)14/h1-4,16H. The van der Waals surface area contributed by atoms with Crippen LogP contribution in [-0.2, 0) is 0 Å². The third-order valence-corrected chi connectivity index (χ3v) is 4.40. The molecule has 0 saturated carbocycles. The van der Waals surface area contributed by atoms with Crippen molar-refractivity contribution in [3.05, 3.63) is 43.9 Å². The van der Waals surface area contributed by atoms with Crippen molar-refractivity contribution in [2.75, 3.05) is 0 Å². The van der Waals surface area contributed by atoms with E-state index in [1.165, 1.54) is 0 Å². The van der Waals surface area contributed by atoms with Gasteiger partial charge in [0.15, 0.2) is 0 Å². The summed E-state index contributed by atoms with van der Waals surface area (Å²) in [6.07, 6.45) is 0. The zero-order valence-corrected chi connectivity index (χ0v) is 11.8. The molecule has 0 saturated heterocycles. The summed E-state index contributed by atoms with van der Waals surface area (Å²) in [6, 6.07) is 9.54. The van der Waals surface area contributed by atoms with Gasteiger partial charge in [-0.15, -0.1) is 0 Å². The number of hydrogen-bond donors (Lipinski definition) is 1. The highest BCUT2D eigenvalue weighted by Gasteiger charge is 2.16. The van der Waals surface area contributed by atoms with Crippen LogP contribution in [0.4, 0.5) is 0 Å². The number of aromatic amines is 1. The van der Waals surface area contributed by atoms with Crippen LogP contribution < -0.4 is 0 Å². The summed E-state index contributed by atoms with van der Waals surface area (Å²) < 4.78 is 1.45. The lowest BCUT2D eigenvalue weighted by molar-refractivity contribution is 1.34. The molecular weight excluding hydrogens is 355 g/mol. The zero-order chi connectivity index (χ0) is 11.7. The molecule has 5 heteroatoms. The number of nitrogens with zero attached hydrogens (tertiary/aromatic N) is 1. The summed E-state index contributed by atoms with van der Waals surface area (Å²) >= 11 is 12.8. The molecule has 16 heavy (non-hydrogen) atoms. The number of benzene rings is 1. The molecule has 2 rings (SSSR count). The van der Waals surface area contributed by atoms with Crippen molar-refractivity contribution in [2.45, 2.75) is 0 Å². The fourth-order valence-corrected chi connectivity index (χ4v) is 2.43. The van der Waals surface area contributed by atoms with Crippen molar-refractivity contribution < 1.29 is 0 Å². The van der Waals surface area contributed by atoms with Crippen LogP contribution in [0.25, 0.3) is 11.3 Å². The fourth-order valence-electron chi connectivity index (χ4n) is 1.42. The summed E-state index contributed by atoms with van der Waals surface area (Å²) in [7, 11) is 0. The smallest absolute Gasteiger partial charge is 0.103 e. The Morgan fingerprint density at radius 2 is 1.94 bits per heavy atom. The van der Waals surface area contributed by atoms with E-state index in [9.17, 15) is 0 Å². The molecular formula is C11H5Br2ClN2. The van der Waals surface area contributed by atoms with Crippen LogP contribution in [0.5, 0.6) is 0 Å². The van der Waals surface area contributed by atoms with Gasteiger partial charge in [-0.3, -0.25) is 0 Å². The van der Waals surface area contributed by atoms with Gasteiger partial charge in [-0.05, 0) is 37.9 Å². The van der Waals surface area contributed by atoms with E-state index in [4.69, 9.17) is 16.9 Å². The number of hydrogen-bond acceptors (Lipinski definition) is 1. The van der Waals surface area contributed by atoms with Gasteiger partial charge in [0, 0.05) is 10.6 Å². The molecule has 0 fully saturated rings. The molecule has 80 valence electrons. The zero-order valence-electron chi connectivity index (χ0n) is 7.89. The molecule has 0 aliphatic carbocycles. The van der Waals surface area contributed by atoms with E-state index in [1.807, 2.05) is 18.2 Å². The van der Waals surface area contributed by atoms with Crippen molar-refractivity contribution in [3.63, 3.8) is 0 Å². The van der Waals surface area contributed by atoms with Gasteiger partial charge < -0.3 is 4.98 Å². The van der Waals surface area contributed by atoms with E-state index < -0.39 is 0 Å². The summed E-state index contributed by atoms with van der Waals surface area (Å²) in [6.45, 7) is 0. The van der Waals surface area contributed by atoms with Gasteiger partial charge in [0.2, 0.25) is 0 Å². The first-order valence-electron chi connectivity index (χ1n) is 4.37. The predicted octanol–water partition coefficient (Wildman–Crippen LogP) is 4.73. The highest BCUT2D eigenvalue weighted by Crippen LogP contribution is 2.36. The number of H-pyrrole nitrogens is 1. The highest BCUT2D eigenvalue weighted by atomic mass is 79.9. The molecule has 1 aromatic heterocycles. The Labute approximate surface area is 114 Å². The quantitative estimate of drug-likeness (QED) is 0.784. The lowest BCUT2D eigenvalue weighted by Crippen LogP contribution is -1.82. The van der Waals surface area contributed by atoms with E-state index in [-0.39, 0.29) is 0 Å². The van der Waals surface area contributed by atoms with Crippen molar-refractivity contribution in [3.8, 4) is 17.3 Å². The number of rotatable bonds is 1. The lowest BCUT2D eigenvalue weighted by Gasteiger charge is -2.01. The van der Waals surface area contributed by atoms with Gasteiger partial charge in [-0.25, -0.2) is 0 Å². The fraction of sp³-hybridized carbons (Fsp3) is 0. The van der Waals surface area contributed by atoms with Gasteiger partial charge >= 0.3 is 0 Å².